The van der Waals surface area contributed by atoms with E-state index in [4.69, 9.17) is 0 Å². The molecule has 1 saturated carbocycles. The molecule has 2 rings (SSSR count). The van der Waals surface area contributed by atoms with Crippen molar-refractivity contribution in [3.8, 4) is 0 Å². The maximum atomic E-state index is 9.98. The summed E-state index contributed by atoms with van der Waals surface area (Å²) in [6.45, 7) is 0.942. The van der Waals surface area contributed by atoms with Crippen LogP contribution in [-0.2, 0) is 6.54 Å². The van der Waals surface area contributed by atoms with Gasteiger partial charge in [-0.1, -0.05) is 12.8 Å². The predicted molar refractivity (Wildman–Crippen MR) is 71.7 cm³/mol. The van der Waals surface area contributed by atoms with Gasteiger partial charge < -0.3 is 5.11 Å². The molecular weight excluding hydrogens is 286 g/mol. The highest BCUT2D eigenvalue weighted by atomic mass is 79.9. The van der Waals surface area contributed by atoms with Crippen LogP contribution >= 0.6 is 27.3 Å². The minimum absolute atomic E-state index is 0.137. The maximum Gasteiger partial charge on any atom is 0.0695 e. The maximum absolute atomic E-state index is 9.98. The van der Waals surface area contributed by atoms with Gasteiger partial charge in [-0.15, -0.1) is 11.3 Å². The molecule has 16 heavy (non-hydrogen) atoms. The van der Waals surface area contributed by atoms with Gasteiger partial charge in [-0.25, -0.2) is 0 Å². The average Bonchev–Trinajstić information content (AvgIpc) is 2.64. The summed E-state index contributed by atoms with van der Waals surface area (Å²) in [4.78, 5) is 3.65. The molecule has 0 amide bonds. The largest absolute Gasteiger partial charge is 0.391 e. The molecule has 2 nitrogen and oxygen atoms in total. The number of halogens is 1. The van der Waals surface area contributed by atoms with Crippen molar-refractivity contribution in [2.75, 3.05) is 7.05 Å². The second kappa shape index (κ2) is 5.63. The Kier molecular flexibility index (Phi) is 4.41. The van der Waals surface area contributed by atoms with Crippen molar-refractivity contribution in [2.24, 2.45) is 0 Å². The Balaban J connectivity index is 1.93. The summed E-state index contributed by atoms with van der Waals surface area (Å²) in [6.07, 6.45) is 4.38. The molecule has 1 aliphatic rings. The molecule has 0 radical (unpaired) electrons. The molecule has 90 valence electrons. The second-order valence-corrected chi connectivity index (χ2v) is 6.48. The van der Waals surface area contributed by atoms with Crippen molar-refractivity contribution < 1.29 is 5.11 Å². The molecule has 2 unspecified atom stereocenters. The van der Waals surface area contributed by atoms with E-state index in [-0.39, 0.29) is 6.10 Å². The molecule has 0 bridgehead atoms. The van der Waals surface area contributed by atoms with E-state index >= 15 is 0 Å². The lowest BCUT2D eigenvalue weighted by molar-refractivity contribution is 0.0292. The Labute approximate surface area is 109 Å². The van der Waals surface area contributed by atoms with Crippen LogP contribution in [0.5, 0.6) is 0 Å². The summed E-state index contributed by atoms with van der Waals surface area (Å²) in [5.41, 5.74) is 0. The Morgan fingerprint density at radius 1 is 1.50 bits per heavy atom. The van der Waals surface area contributed by atoms with Gasteiger partial charge in [0.05, 0.1) is 6.10 Å². The second-order valence-electron chi connectivity index (χ2n) is 4.57. The highest BCUT2D eigenvalue weighted by Gasteiger charge is 2.26. The van der Waals surface area contributed by atoms with Crippen LogP contribution in [0.1, 0.15) is 30.6 Å². The molecule has 1 heterocycles. The van der Waals surface area contributed by atoms with Crippen molar-refractivity contribution in [3.63, 3.8) is 0 Å². The topological polar surface area (TPSA) is 23.5 Å². The number of rotatable bonds is 3. The SMILES string of the molecule is CN(Cc1cc(Br)cs1)C1CCCCC1O. The highest BCUT2D eigenvalue weighted by Crippen LogP contribution is 2.26. The number of nitrogens with zero attached hydrogens (tertiary/aromatic N) is 1. The van der Waals surface area contributed by atoms with Crippen molar-refractivity contribution in [1.82, 2.24) is 4.90 Å². The fourth-order valence-corrected chi connectivity index (χ4v) is 3.92. The molecule has 0 aliphatic heterocycles. The fourth-order valence-electron chi connectivity index (χ4n) is 2.41. The van der Waals surface area contributed by atoms with Crippen LogP contribution in [0.3, 0.4) is 0 Å². The van der Waals surface area contributed by atoms with Crippen LogP contribution < -0.4 is 0 Å². The smallest absolute Gasteiger partial charge is 0.0695 e. The molecule has 1 aliphatic carbocycles. The van der Waals surface area contributed by atoms with Gasteiger partial charge >= 0.3 is 0 Å². The van der Waals surface area contributed by atoms with Gasteiger partial charge in [0.2, 0.25) is 0 Å². The summed E-state index contributed by atoms with van der Waals surface area (Å²) < 4.78 is 1.16. The third-order valence-electron chi connectivity index (χ3n) is 3.29. The lowest BCUT2D eigenvalue weighted by Crippen LogP contribution is -2.42. The first-order chi connectivity index (χ1) is 7.66. The third-order valence-corrected chi connectivity index (χ3v) is 4.97. The third kappa shape index (κ3) is 3.06. The van der Waals surface area contributed by atoms with E-state index in [2.05, 4.69) is 39.3 Å². The lowest BCUT2D eigenvalue weighted by atomic mass is 9.91. The lowest BCUT2D eigenvalue weighted by Gasteiger charge is -2.34. The fraction of sp³-hybridized carbons (Fsp3) is 0.667. The van der Waals surface area contributed by atoms with Crippen molar-refractivity contribution in [3.05, 3.63) is 20.8 Å². The molecule has 2 atom stereocenters. The molecular formula is C12H18BrNOS. The van der Waals surface area contributed by atoms with Crippen LogP contribution in [0, 0.1) is 0 Å². The number of hydrogen-bond donors (Lipinski definition) is 1. The first kappa shape index (κ1) is 12.6. The molecule has 1 aromatic rings. The minimum Gasteiger partial charge on any atom is -0.391 e. The van der Waals surface area contributed by atoms with Gasteiger partial charge in [-0.2, -0.15) is 0 Å². The zero-order valence-electron chi connectivity index (χ0n) is 9.53. The number of aliphatic hydroxyl groups is 1. The average molecular weight is 304 g/mol. The van der Waals surface area contributed by atoms with Crippen molar-refractivity contribution in [1.29, 1.82) is 0 Å². The van der Waals surface area contributed by atoms with Crippen LogP contribution in [0.25, 0.3) is 0 Å². The molecule has 4 heteroatoms. The van der Waals surface area contributed by atoms with E-state index in [1.165, 1.54) is 17.7 Å². The summed E-state index contributed by atoms with van der Waals surface area (Å²) in [5.74, 6) is 0. The molecule has 0 aromatic carbocycles. The van der Waals surface area contributed by atoms with E-state index in [1.54, 1.807) is 11.3 Å². The quantitative estimate of drug-likeness (QED) is 0.926. The number of aliphatic hydroxyl groups excluding tert-OH is 1. The Hall–Kier alpha value is 0.1000. The molecule has 1 fully saturated rings. The molecule has 0 spiro atoms. The van der Waals surface area contributed by atoms with Gasteiger partial charge in [-0.05, 0) is 41.9 Å². The monoisotopic (exact) mass is 303 g/mol. The van der Waals surface area contributed by atoms with Gasteiger partial charge in [-0.3, -0.25) is 4.90 Å². The van der Waals surface area contributed by atoms with E-state index in [1.807, 2.05) is 0 Å². The Morgan fingerprint density at radius 2 is 2.25 bits per heavy atom. The van der Waals surface area contributed by atoms with Crippen molar-refractivity contribution >= 4 is 27.3 Å². The first-order valence-corrected chi connectivity index (χ1v) is 7.45. The highest BCUT2D eigenvalue weighted by molar-refractivity contribution is 9.10. The zero-order chi connectivity index (χ0) is 11.5. The summed E-state index contributed by atoms with van der Waals surface area (Å²) in [5, 5.41) is 12.1. The number of hydrogen-bond acceptors (Lipinski definition) is 3. The van der Waals surface area contributed by atoms with E-state index < -0.39 is 0 Å². The molecule has 1 N–H and O–H groups in total. The molecule has 1 aromatic heterocycles. The first-order valence-electron chi connectivity index (χ1n) is 5.78. The van der Waals surface area contributed by atoms with E-state index in [0.717, 1.165) is 23.9 Å². The van der Waals surface area contributed by atoms with Gasteiger partial charge in [0.15, 0.2) is 0 Å². The number of thiophene rings is 1. The van der Waals surface area contributed by atoms with E-state index in [9.17, 15) is 5.11 Å². The van der Waals surface area contributed by atoms with Gasteiger partial charge in [0.25, 0.3) is 0 Å². The zero-order valence-corrected chi connectivity index (χ0v) is 11.9. The summed E-state index contributed by atoms with van der Waals surface area (Å²) in [6, 6.07) is 2.51. The van der Waals surface area contributed by atoms with Crippen LogP contribution in [-0.4, -0.2) is 29.2 Å². The van der Waals surface area contributed by atoms with Crippen LogP contribution in [0.4, 0.5) is 0 Å². The van der Waals surface area contributed by atoms with Crippen LogP contribution in [0.15, 0.2) is 15.9 Å². The van der Waals surface area contributed by atoms with Gasteiger partial charge in [0, 0.05) is 27.3 Å². The Bertz CT molecular complexity index is 342. The molecule has 0 saturated heterocycles. The summed E-state index contributed by atoms with van der Waals surface area (Å²) >= 11 is 5.25. The standard InChI is InChI=1S/C12H18BrNOS/c1-14(7-10-6-9(13)8-16-10)11-4-2-3-5-12(11)15/h6,8,11-12,15H,2-5,7H2,1H3. The van der Waals surface area contributed by atoms with E-state index in [0.29, 0.717) is 6.04 Å². The summed E-state index contributed by atoms with van der Waals surface area (Å²) in [7, 11) is 2.12. The predicted octanol–water partition coefficient (Wildman–Crippen LogP) is 3.25. The Morgan fingerprint density at radius 3 is 2.88 bits per heavy atom. The minimum atomic E-state index is -0.137. The van der Waals surface area contributed by atoms with Gasteiger partial charge in [0.1, 0.15) is 0 Å². The normalized spacial score (nSPS) is 26.2. The van der Waals surface area contributed by atoms with Crippen LogP contribution in [0.2, 0.25) is 0 Å². The number of likely N-dealkylation sites (N-methyl/N-ethyl adjacent to an activating group) is 1. The van der Waals surface area contributed by atoms with Crippen molar-refractivity contribution in [2.45, 2.75) is 44.4 Å².